The van der Waals surface area contributed by atoms with E-state index in [0.717, 1.165) is 10.6 Å². The molecule has 0 aliphatic rings. The lowest BCUT2D eigenvalue weighted by atomic mass is 10.1. The van der Waals surface area contributed by atoms with Crippen molar-refractivity contribution < 1.29 is 27.1 Å². The third kappa shape index (κ3) is 6.43. The SMILES string of the molecule is CCNC(=O)[C@@H](C)N(Cc1ccccc1F)C(=O)CN(c1ccc(OC)cc1)S(C)(=O)=O. The quantitative estimate of drug-likeness (QED) is 0.580. The van der Waals surface area contributed by atoms with Crippen LogP contribution in [0.15, 0.2) is 48.5 Å². The van der Waals surface area contributed by atoms with Crippen molar-refractivity contribution in [3.63, 3.8) is 0 Å². The predicted molar refractivity (Wildman–Crippen MR) is 120 cm³/mol. The smallest absolute Gasteiger partial charge is 0.244 e. The van der Waals surface area contributed by atoms with E-state index in [0.29, 0.717) is 12.3 Å². The number of nitrogens with one attached hydrogen (secondary N) is 1. The van der Waals surface area contributed by atoms with Gasteiger partial charge in [0.25, 0.3) is 0 Å². The maximum atomic E-state index is 14.3. The van der Waals surface area contributed by atoms with Gasteiger partial charge >= 0.3 is 0 Å². The minimum Gasteiger partial charge on any atom is -0.497 e. The fourth-order valence-electron chi connectivity index (χ4n) is 3.08. The first-order valence-electron chi connectivity index (χ1n) is 10.0. The first kappa shape index (κ1) is 25.1. The van der Waals surface area contributed by atoms with Crippen LogP contribution in [0.3, 0.4) is 0 Å². The van der Waals surface area contributed by atoms with E-state index in [1.807, 2.05) is 0 Å². The van der Waals surface area contributed by atoms with Crippen molar-refractivity contribution in [3.8, 4) is 5.75 Å². The lowest BCUT2D eigenvalue weighted by molar-refractivity contribution is -0.139. The number of hydrogen-bond donors (Lipinski definition) is 1. The van der Waals surface area contributed by atoms with E-state index in [9.17, 15) is 22.4 Å². The molecule has 2 aromatic carbocycles. The number of halogens is 1. The summed E-state index contributed by atoms with van der Waals surface area (Å²) >= 11 is 0. The second kappa shape index (κ2) is 10.9. The van der Waals surface area contributed by atoms with Crippen LogP contribution in [-0.4, -0.2) is 57.6 Å². The van der Waals surface area contributed by atoms with Crippen molar-refractivity contribution in [2.45, 2.75) is 26.4 Å². The topological polar surface area (TPSA) is 96.0 Å². The average molecular weight is 466 g/mol. The molecule has 2 rings (SSSR count). The normalized spacial score (nSPS) is 12.0. The fourth-order valence-corrected chi connectivity index (χ4v) is 3.93. The van der Waals surface area contributed by atoms with Crippen LogP contribution >= 0.6 is 0 Å². The third-order valence-electron chi connectivity index (χ3n) is 4.86. The van der Waals surface area contributed by atoms with Crippen LogP contribution in [0.2, 0.25) is 0 Å². The van der Waals surface area contributed by atoms with Gasteiger partial charge in [0, 0.05) is 18.7 Å². The Labute approximate surface area is 188 Å². The molecule has 0 radical (unpaired) electrons. The highest BCUT2D eigenvalue weighted by Crippen LogP contribution is 2.22. The average Bonchev–Trinajstić information content (AvgIpc) is 2.75. The lowest BCUT2D eigenvalue weighted by Gasteiger charge is -2.31. The molecule has 1 N–H and O–H groups in total. The molecule has 0 aliphatic heterocycles. The van der Waals surface area contributed by atoms with E-state index in [-0.39, 0.29) is 17.8 Å². The molecule has 0 saturated heterocycles. The molecule has 32 heavy (non-hydrogen) atoms. The van der Waals surface area contributed by atoms with Crippen LogP contribution in [-0.2, 0) is 26.2 Å². The molecule has 0 aromatic heterocycles. The van der Waals surface area contributed by atoms with Crippen LogP contribution in [0.1, 0.15) is 19.4 Å². The number of sulfonamides is 1. The van der Waals surface area contributed by atoms with Crippen LogP contribution in [0.4, 0.5) is 10.1 Å². The van der Waals surface area contributed by atoms with Crippen LogP contribution in [0.25, 0.3) is 0 Å². The lowest BCUT2D eigenvalue weighted by Crippen LogP contribution is -2.51. The molecule has 0 bridgehead atoms. The standard InChI is InChI=1S/C22H28FN3O5S/c1-5-24-22(28)16(2)25(14-17-8-6-7-9-20(17)23)21(27)15-26(32(4,29)30)18-10-12-19(31-3)13-11-18/h6-13,16H,5,14-15H2,1-4H3,(H,24,28)/t16-/m1/s1. The second-order valence-electron chi connectivity index (χ2n) is 7.15. The molecule has 10 heteroatoms. The van der Waals surface area contributed by atoms with E-state index < -0.39 is 40.2 Å². The van der Waals surface area contributed by atoms with Crippen LogP contribution in [0.5, 0.6) is 5.75 Å². The van der Waals surface area contributed by atoms with Crippen molar-refractivity contribution in [2.24, 2.45) is 0 Å². The summed E-state index contributed by atoms with van der Waals surface area (Å²) in [5.74, 6) is -1.07. The zero-order chi connectivity index (χ0) is 23.9. The molecule has 1 atom stereocenters. The van der Waals surface area contributed by atoms with Crippen LogP contribution in [0, 0.1) is 5.82 Å². The van der Waals surface area contributed by atoms with Crippen LogP contribution < -0.4 is 14.4 Å². The van der Waals surface area contributed by atoms with Crippen molar-refractivity contribution >= 4 is 27.5 Å². The molecule has 0 unspecified atom stereocenters. The van der Waals surface area contributed by atoms with Gasteiger partial charge in [-0.1, -0.05) is 18.2 Å². The summed E-state index contributed by atoms with van der Waals surface area (Å²) in [6.07, 6.45) is 0.985. The van der Waals surface area contributed by atoms with Gasteiger partial charge in [-0.3, -0.25) is 13.9 Å². The fraction of sp³-hybridized carbons (Fsp3) is 0.364. The highest BCUT2D eigenvalue weighted by Gasteiger charge is 2.30. The molecule has 174 valence electrons. The third-order valence-corrected chi connectivity index (χ3v) is 6.00. The number of hydrogen-bond acceptors (Lipinski definition) is 5. The number of likely N-dealkylation sites (N-methyl/N-ethyl adjacent to an activating group) is 1. The van der Waals surface area contributed by atoms with Gasteiger partial charge in [0.05, 0.1) is 19.1 Å². The van der Waals surface area contributed by atoms with E-state index in [1.165, 1.54) is 49.3 Å². The van der Waals surface area contributed by atoms with Gasteiger partial charge in [-0.2, -0.15) is 0 Å². The predicted octanol–water partition coefficient (Wildman–Crippen LogP) is 2.15. The van der Waals surface area contributed by atoms with Gasteiger partial charge in [0.2, 0.25) is 21.8 Å². The number of carbonyl (C=O) groups excluding carboxylic acids is 2. The van der Waals surface area contributed by atoms with Crippen molar-refractivity contribution in [1.82, 2.24) is 10.2 Å². The Bertz CT molecular complexity index is 1040. The number of methoxy groups -OCH3 is 1. The van der Waals surface area contributed by atoms with Gasteiger partial charge in [-0.15, -0.1) is 0 Å². The summed E-state index contributed by atoms with van der Waals surface area (Å²) in [4.78, 5) is 26.9. The Morgan fingerprint density at radius 2 is 1.75 bits per heavy atom. The summed E-state index contributed by atoms with van der Waals surface area (Å²) in [5, 5.41) is 2.64. The summed E-state index contributed by atoms with van der Waals surface area (Å²) < 4.78 is 45.2. The first-order chi connectivity index (χ1) is 15.1. The number of benzene rings is 2. The van der Waals surface area contributed by atoms with Crippen molar-refractivity contribution in [2.75, 3.05) is 30.8 Å². The van der Waals surface area contributed by atoms with Gasteiger partial charge in [0.15, 0.2) is 0 Å². The van der Waals surface area contributed by atoms with Gasteiger partial charge in [-0.05, 0) is 44.2 Å². The summed E-state index contributed by atoms with van der Waals surface area (Å²) in [7, 11) is -2.35. The monoisotopic (exact) mass is 465 g/mol. The molecule has 8 nitrogen and oxygen atoms in total. The van der Waals surface area contributed by atoms with Gasteiger partial charge in [0.1, 0.15) is 24.2 Å². The van der Waals surface area contributed by atoms with E-state index in [1.54, 1.807) is 25.1 Å². The van der Waals surface area contributed by atoms with Crippen molar-refractivity contribution in [1.29, 1.82) is 0 Å². The molecule has 0 fully saturated rings. The minimum atomic E-state index is -3.83. The Kier molecular flexibility index (Phi) is 8.59. The summed E-state index contributed by atoms with van der Waals surface area (Å²) in [6.45, 7) is 2.87. The molecule has 2 amide bonds. The molecular formula is C22H28FN3O5S. The Morgan fingerprint density at radius 1 is 1.12 bits per heavy atom. The van der Waals surface area contributed by atoms with E-state index >= 15 is 0 Å². The molecule has 0 spiro atoms. The zero-order valence-corrected chi connectivity index (χ0v) is 19.4. The number of carbonyl (C=O) groups is 2. The van der Waals surface area contributed by atoms with E-state index in [4.69, 9.17) is 4.74 Å². The van der Waals surface area contributed by atoms with E-state index in [2.05, 4.69) is 5.32 Å². The van der Waals surface area contributed by atoms with Crippen molar-refractivity contribution in [3.05, 3.63) is 59.9 Å². The Hall–Kier alpha value is -3.14. The largest absolute Gasteiger partial charge is 0.497 e. The van der Waals surface area contributed by atoms with Gasteiger partial charge in [-0.25, -0.2) is 12.8 Å². The zero-order valence-electron chi connectivity index (χ0n) is 18.5. The Morgan fingerprint density at radius 3 is 2.28 bits per heavy atom. The highest BCUT2D eigenvalue weighted by molar-refractivity contribution is 7.92. The first-order valence-corrected chi connectivity index (χ1v) is 11.9. The summed E-state index contributed by atoms with van der Waals surface area (Å²) in [6, 6.07) is 11.2. The number of amides is 2. The molecule has 0 saturated carbocycles. The van der Waals surface area contributed by atoms with Gasteiger partial charge < -0.3 is 15.0 Å². The minimum absolute atomic E-state index is 0.190. The second-order valence-corrected chi connectivity index (χ2v) is 9.06. The number of rotatable bonds is 10. The number of anilines is 1. The maximum Gasteiger partial charge on any atom is 0.244 e. The summed E-state index contributed by atoms with van der Waals surface area (Å²) in [5.41, 5.74) is 0.477. The molecule has 0 heterocycles. The Balaban J connectivity index is 2.38. The molecule has 2 aromatic rings. The molecule has 0 aliphatic carbocycles. The number of ether oxygens (including phenoxy) is 1. The highest BCUT2D eigenvalue weighted by atomic mass is 32.2. The maximum absolute atomic E-state index is 14.3. The molecular weight excluding hydrogens is 437 g/mol. The number of nitrogens with zero attached hydrogens (tertiary/aromatic N) is 2.